The van der Waals surface area contributed by atoms with Gasteiger partial charge in [0.25, 0.3) is 5.91 Å². The molecule has 1 fully saturated rings. The Labute approximate surface area is 165 Å². The third-order valence-corrected chi connectivity index (χ3v) is 6.01. The number of H-pyrrole nitrogens is 1. The van der Waals surface area contributed by atoms with E-state index in [0.717, 1.165) is 46.4 Å². The second-order valence-corrected chi connectivity index (χ2v) is 7.87. The van der Waals surface area contributed by atoms with E-state index in [2.05, 4.69) is 53.2 Å². The summed E-state index contributed by atoms with van der Waals surface area (Å²) in [5.74, 6) is 0.105. The molecule has 0 unspecified atom stereocenters. The molecule has 0 spiro atoms. The van der Waals surface area contributed by atoms with Crippen LogP contribution in [0.5, 0.6) is 0 Å². The predicted molar refractivity (Wildman–Crippen MR) is 115 cm³/mol. The van der Waals surface area contributed by atoms with E-state index in [1.54, 1.807) is 0 Å². The molecule has 3 heterocycles. The fourth-order valence-electron chi connectivity index (χ4n) is 4.49. The van der Waals surface area contributed by atoms with Gasteiger partial charge in [-0.15, -0.1) is 0 Å². The van der Waals surface area contributed by atoms with Crippen LogP contribution in [0.3, 0.4) is 0 Å². The van der Waals surface area contributed by atoms with Crippen LogP contribution in [0, 0.1) is 6.92 Å². The number of aromatic nitrogens is 1. The Balaban J connectivity index is 1.55. The van der Waals surface area contributed by atoms with Crippen LogP contribution < -0.4 is 4.90 Å². The molecule has 2 aliphatic heterocycles. The number of nitrogens with zero attached hydrogens (tertiary/aromatic N) is 2. The Morgan fingerprint density at radius 1 is 1.04 bits per heavy atom. The van der Waals surface area contributed by atoms with Crippen LogP contribution in [0.1, 0.15) is 36.0 Å². The van der Waals surface area contributed by atoms with Gasteiger partial charge in [-0.25, -0.2) is 0 Å². The summed E-state index contributed by atoms with van der Waals surface area (Å²) in [6.07, 6.45) is 7.80. The molecule has 0 bridgehead atoms. The summed E-state index contributed by atoms with van der Waals surface area (Å²) in [6, 6.07) is 14.5. The zero-order chi connectivity index (χ0) is 19.1. The van der Waals surface area contributed by atoms with Crippen molar-refractivity contribution in [1.29, 1.82) is 0 Å². The molecule has 142 valence electrons. The maximum atomic E-state index is 13.4. The number of amides is 1. The summed E-state index contributed by atoms with van der Waals surface area (Å²) in [5.41, 5.74) is 6.27. The standard InChI is InChI=1S/C24H25N3O/c1-17-8-7-10-19-18(15-25-23(17)19)14-21-20-9-3-4-11-22(20)27(24(21)28)16-26-12-5-2-6-13-26/h3-4,7-11,14-15,25H,2,5-6,12-13,16H2,1H3/b21-14-. The van der Waals surface area contributed by atoms with E-state index in [1.807, 2.05) is 23.2 Å². The van der Waals surface area contributed by atoms with Crippen molar-refractivity contribution < 1.29 is 4.79 Å². The highest BCUT2D eigenvalue weighted by molar-refractivity contribution is 6.36. The predicted octanol–water partition coefficient (Wildman–Crippen LogP) is 4.81. The van der Waals surface area contributed by atoms with E-state index in [-0.39, 0.29) is 5.91 Å². The van der Waals surface area contributed by atoms with Gasteiger partial charge in [-0.2, -0.15) is 0 Å². The number of rotatable bonds is 3. The number of carbonyl (C=O) groups is 1. The van der Waals surface area contributed by atoms with Crippen LogP contribution in [-0.2, 0) is 4.79 Å². The maximum Gasteiger partial charge on any atom is 0.260 e. The van der Waals surface area contributed by atoms with Crippen molar-refractivity contribution in [2.45, 2.75) is 26.2 Å². The van der Waals surface area contributed by atoms with Crippen LogP contribution in [-0.4, -0.2) is 35.5 Å². The summed E-state index contributed by atoms with van der Waals surface area (Å²) in [6.45, 7) is 4.94. The number of carbonyl (C=O) groups excluding carboxylic acids is 1. The number of benzene rings is 2. The van der Waals surface area contributed by atoms with Gasteiger partial charge in [0.15, 0.2) is 0 Å². The molecule has 5 rings (SSSR count). The fourth-order valence-corrected chi connectivity index (χ4v) is 4.49. The Bertz CT molecular complexity index is 1070. The Hall–Kier alpha value is -2.85. The molecule has 1 N–H and O–H groups in total. The second kappa shape index (κ2) is 6.95. The van der Waals surface area contributed by atoms with Crippen molar-refractivity contribution >= 4 is 34.1 Å². The maximum absolute atomic E-state index is 13.4. The van der Waals surface area contributed by atoms with Gasteiger partial charge in [-0.1, -0.05) is 42.8 Å². The molecule has 1 saturated heterocycles. The van der Waals surface area contributed by atoms with Gasteiger partial charge in [0.1, 0.15) is 0 Å². The minimum atomic E-state index is 0.105. The van der Waals surface area contributed by atoms with Crippen LogP contribution in [0.25, 0.3) is 22.6 Å². The van der Waals surface area contributed by atoms with E-state index in [0.29, 0.717) is 6.67 Å². The van der Waals surface area contributed by atoms with Crippen molar-refractivity contribution in [2.75, 3.05) is 24.7 Å². The molecule has 2 aromatic carbocycles. The van der Waals surface area contributed by atoms with E-state index < -0.39 is 0 Å². The number of piperidine rings is 1. The monoisotopic (exact) mass is 371 g/mol. The van der Waals surface area contributed by atoms with Crippen molar-refractivity contribution in [3.8, 4) is 0 Å². The molecule has 1 amide bonds. The molecular weight excluding hydrogens is 346 g/mol. The Morgan fingerprint density at radius 2 is 1.86 bits per heavy atom. The number of anilines is 1. The molecule has 4 nitrogen and oxygen atoms in total. The lowest BCUT2D eigenvalue weighted by atomic mass is 10.0. The quantitative estimate of drug-likeness (QED) is 0.671. The summed E-state index contributed by atoms with van der Waals surface area (Å²) < 4.78 is 0. The van der Waals surface area contributed by atoms with Crippen LogP contribution in [0.4, 0.5) is 5.69 Å². The second-order valence-electron chi connectivity index (χ2n) is 7.87. The number of fused-ring (bicyclic) bond motifs is 2. The first kappa shape index (κ1) is 17.3. The number of aromatic amines is 1. The third-order valence-electron chi connectivity index (χ3n) is 6.01. The molecule has 1 aromatic heterocycles. The van der Waals surface area contributed by atoms with E-state index in [4.69, 9.17) is 0 Å². The van der Waals surface area contributed by atoms with Crippen LogP contribution >= 0.6 is 0 Å². The topological polar surface area (TPSA) is 39.3 Å². The first-order chi connectivity index (χ1) is 13.7. The number of nitrogens with one attached hydrogen (secondary N) is 1. The average Bonchev–Trinajstić information content (AvgIpc) is 3.25. The lowest BCUT2D eigenvalue weighted by molar-refractivity contribution is -0.113. The molecule has 0 aliphatic carbocycles. The summed E-state index contributed by atoms with van der Waals surface area (Å²) >= 11 is 0. The zero-order valence-corrected chi connectivity index (χ0v) is 16.2. The normalized spacial score (nSPS) is 19.0. The van der Waals surface area contributed by atoms with Crippen LogP contribution in [0.15, 0.2) is 48.7 Å². The van der Waals surface area contributed by atoms with E-state index in [1.165, 1.54) is 24.8 Å². The van der Waals surface area contributed by atoms with Gasteiger partial charge < -0.3 is 4.98 Å². The molecule has 3 aromatic rings. The largest absolute Gasteiger partial charge is 0.360 e. The molecule has 0 atom stereocenters. The zero-order valence-electron chi connectivity index (χ0n) is 16.2. The Morgan fingerprint density at radius 3 is 2.71 bits per heavy atom. The number of para-hydroxylation sites is 2. The average molecular weight is 371 g/mol. The van der Waals surface area contributed by atoms with Crippen LogP contribution in [0.2, 0.25) is 0 Å². The number of hydrogen-bond donors (Lipinski definition) is 1. The van der Waals surface area contributed by atoms with Gasteiger partial charge in [0.05, 0.1) is 12.4 Å². The molecular formula is C24H25N3O. The lowest BCUT2D eigenvalue weighted by Gasteiger charge is -2.30. The fraction of sp³-hybridized carbons (Fsp3) is 0.292. The summed E-state index contributed by atoms with van der Waals surface area (Å²) in [7, 11) is 0. The highest BCUT2D eigenvalue weighted by Gasteiger charge is 2.33. The van der Waals surface area contributed by atoms with Gasteiger partial charge in [-0.3, -0.25) is 14.6 Å². The molecule has 4 heteroatoms. The first-order valence-corrected chi connectivity index (χ1v) is 10.1. The van der Waals surface area contributed by atoms with Gasteiger partial charge in [0, 0.05) is 33.8 Å². The van der Waals surface area contributed by atoms with Gasteiger partial charge >= 0.3 is 0 Å². The lowest BCUT2D eigenvalue weighted by Crippen LogP contribution is -2.42. The number of hydrogen-bond acceptors (Lipinski definition) is 2. The first-order valence-electron chi connectivity index (χ1n) is 10.1. The van der Waals surface area contributed by atoms with Crippen molar-refractivity contribution in [1.82, 2.24) is 9.88 Å². The molecule has 2 aliphatic rings. The highest BCUT2D eigenvalue weighted by Crippen LogP contribution is 2.38. The number of aryl methyl sites for hydroxylation is 1. The summed E-state index contributed by atoms with van der Waals surface area (Å²) in [5, 5.41) is 1.16. The highest BCUT2D eigenvalue weighted by atomic mass is 16.2. The SMILES string of the molecule is Cc1cccc2c(/C=C3\C(=O)N(CN4CCCCC4)c4ccccc43)c[nH]c12. The molecule has 0 radical (unpaired) electrons. The smallest absolute Gasteiger partial charge is 0.260 e. The minimum Gasteiger partial charge on any atom is -0.360 e. The third kappa shape index (κ3) is 2.85. The molecule has 28 heavy (non-hydrogen) atoms. The van der Waals surface area contributed by atoms with Crippen molar-refractivity contribution in [3.63, 3.8) is 0 Å². The molecule has 0 saturated carbocycles. The summed E-state index contributed by atoms with van der Waals surface area (Å²) in [4.78, 5) is 21.1. The van der Waals surface area contributed by atoms with Crippen molar-refractivity contribution in [3.05, 3.63) is 65.4 Å². The van der Waals surface area contributed by atoms with Gasteiger partial charge in [0.2, 0.25) is 0 Å². The minimum absolute atomic E-state index is 0.105. The van der Waals surface area contributed by atoms with E-state index >= 15 is 0 Å². The number of likely N-dealkylation sites (tertiary alicyclic amines) is 1. The van der Waals surface area contributed by atoms with E-state index in [9.17, 15) is 4.79 Å². The van der Waals surface area contributed by atoms with Gasteiger partial charge in [-0.05, 0) is 50.6 Å². The van der Waals surface area contributed by atoms with Crippen molar-refractivity contribution in [2.24, 2.45) is 0 Å². The Kier molecular flexibility index (Phi) is 4.29.